The Morgan fingerprint density at radius 2 is 2.36 bits per heavy atom. The zero-order valence-corrected chi connectivity index (χ0v) is 8.87. The Kier molecular flexibility index (Phi) is 4.94. The van der Waals surface area contributed by atoms with Crippen LogP contribution in [0.5, 0.6) is 0 Å². The van der Waals surface area contributed by atoms with Crippen molar-refractivity contribution in [2.45, 2.75) is 64.1 Å². The van der Waals surface area contributed by atoms with Crippen molar-refractivity contribution in [2.24, 2.45) is 0 Å². The number of cyclic esters (lactones) is 1. The largest absolute Gasteiger partial charge is 0.462 e. The highest BCUT2D eigenvalue weighted by atomic mass is 16.5. The van der Waals surface area contributed by atoms with Gasteiger partial charge < -0.3 is 9.84 Å². The fourth-order valence-electron chi connectivity index (χ4n) is 1.80. The van der Waals surface area contributed by atoms with E-state index in [0.717, 1.165) is 19.3 Å². The van der Waals surface area contributed by atoms with Crippen LogP contribution in [0.2, 0.25) is 0 Å². The number of unbranched alkanes of at least 4 members (excludes halogenated alkanes) is 2. The van der Waals surface area contributed by atoms with Gasteiger partial charge in [-0.25, -0.2) is 0 Å². The van der Waals surface area contributed by atoms with Crippen molar-refractivity contribution in [1.82, 2.24) is 0 Å². The molecule has 1 heterocycles. The number of rotatable bonds is 6. The molecule has 82 valence electrons. The third-order valence-electron chi connectivity index (χ3n) is 2.64. The maximum absolute atomic E-state index is 10.8. The third-order valence-corrected chi connectivity index (χ3v) is 2.64. The minimum Gasteiger partial charge on any atom is -0.462 e. The summed E-state index contributed by atoms with van der Waals surface area (Å²) >= 11 is 0. The Morgan fingerprint density at radius 1 is 1.57 bits per heavy atom. The quantitative estimate of drug-likeness (QED) is 0.527. The second-order valence-electron chi connectivity index (χ2n) is 4.04. The lowest BCUT2D eigenvalue weighted by Crippen LogP contribution is -2.17. The molecule has 0 saturated carbocycles. The van der Waals surface area contributed by atoms with E-state index in [0.29, 0.717) is 12.8 Å². The van der Waals surface area contributed by atoms with Gasteiger partial charge in [0.1, 0.15) is 6.10 Å². The Morgan fingerprint density at radius 3 is 2.93 bits per heavy atom. The van der Waals surface area contributed by atoms with Gasteiger partial charge in [-0.1, -0.05) is 26.2 Å². The molecule has 1 fully saturated rings. The van der Waals surface area contributed by atoms with Gasteiger partial charge in [-0.3, -0.25) is 4.79 Å². The standard InChI is InChI=1S/C11H20O3/c1-2-3-4-5-9(12)8-10-6-7-11(13)14-10/h9-10,12H,2-8H2,1H3/t9-,10-/m0/s1. The van der Waals surface area contributed by atoms with E-state index in [9.17, 15) is 9.90 Å². The monoisotopic (exact) mass is 200 g/mol. The van der Waals surface area contributed by atoms with E-state index in [1.54, 1.807) is 0 Å². The van der Waals surface area contributed by atoms with Crippen molar-refractivity contribution in [1.29, 1.82) is 0 Å². The first kappa shape index (κ1) is 11.5. The van der Waals surface area contributed by atoms with Gasteiger partial charge in [-0.15, -0.1) is 0 Å². The lowest BCUT2D eigenvalue weighted by molar-refractivity contribution is -0.142. The molecule has 0 aromatic carbocycles. The average Bonchev–Trinajstić information content (AvgIpc) is 2.52. The van der Waals surface area contributed by atoms with Crippen LogP contribution < -0.4 is 0 Å². The molecule has 0 aromatic heterocycles. The van der Waals surface area contributed by atoms with Crippen molar-refractivity contribution in [3.63, 3.8) is 0 Å². The molecule has 0 spiro atoms. The molecule has 1 saturated heterocycles. The molecule has 1 aliphatic heterocycles. The van der Waals surface area contributed by atoms with Crippen LogP contribution in [-0.4, -0.2) is 23.3 Å². The van der Waals surface area contributed by atoms with Gasteiger partial charge in [0, 0.05) is 12.8 Å². The number of hydrogen-bond acceptors (Lipinski definition) is 3. The summed E-state index contributed by atoms with van der Waals surface area (Å²) in [7, 11) is 0. The van der Waals surface area contributed by atoms with Crippen LogP contribution in [0.3, 0.4) is 0 Å². The van der Waals surface area contributed by atoms with Crippen molar-refractivity contribution < 1.29 is 14.6 Å². The van der Waals surface area contributed by atoms with Crippen LogP contribution in [0.1, 0.15) is 51.9 Å². The number of carbonyl (C=O) groups is 1. The van der Waals surface area contributed by atoms with Gasteiger partial charge in [0.25, 0.3) is 0 Å². The van der Waals surface area contributed by atoms with Crippen LogP contribution in [0, 0.1) is 0 Å². The smallest absolute Gasteiger partial charge is 0.306 e. The molecule has 0 bridgehead atoms. The summed E-state index contributed by atoms with van der Waals surface area (Å²) in [6, 6.07) is 0. The van der Waals surface area contributed by atoms with E-state index < -0.39 is 0 Å². The summed E-state index contributed by atoms with van der Waals surface area (Å²) in [4.78, 5) is 10.8. The SMILES string of the molecule is CCCCC[C@H](O)C[C@@H]1CCC(=O)O1. The summed E-state index contributed by atoms with van der Waals surface area (Å²) in [5, 5.41) is 9.63. The number of aliphatic hydroxyl groups excluding tert-OH is 1. The number of hydrogen-bond donors (Lipinski definition) is 1. The number of aliphatic hydroxyl groups is 1. The van der Waals surface area contributed by atoms with Crippen molar-refractivity contribution >= 4 is 5.97 Å². The van der Waals surface area contributed by atoms with Gasteiger partial charge in [0.15, 0.2) is 0 Å². The van der Waals surface area contributed by atoms with Crippen molar-refractivity contribution in [3.05, 3.63) is 0 Å². The summed E-state index contributed by atoms with van der Waals surface area (Å²) in [6.07, 6.45) is 5.84. The predicted molar refractivity (Wildman–Crippen MR) is 53.9 cm³/mol. The van der Waals surface area contributed by atoms with Gasteiger partial charge in [0.05, 0.1) is 6.10 Å². The van der Waals surface area contributed by atoms with Gasteiger partial charge in [0.2, 0.25) is 0 Å². The van der Waals surface area contributed by atoms with Gasteiger partial charge in [-0.2, -0.15) is 0 Å². The number of carbonyl (C=O) groups excluding carboxylic acids is 1. The van der Waals surface area contributed by atoms with E-state index in [4.69, 9.17) is 4.74 Å². The number of ether oxygens (including phenoxy) is 1. The lowest BCUT2D eigenvalue weighted by Gasteiger charge is -2.14. The minimum atomic E-state index is -0.294. The minimum absolute atomic E-state index is 0.0286. The molecule has 1 aliphatic rings. The Labute approximate surface area is 85.5 Å². The maximum Gasteiger partial charge on any atom is 0.306 e. The predicted octanol–water partition coefficient (Wildman–Crippen LogP) is 2.02. The van der Waals surface area contributed by atoms with Crippen molar-refractivity contribution in [2.75, 3.05) is 0 Å². The summed E-state index contributed by atoms with van der Waals surface area (Å²) in [5.41, 5.74) is 0. The van der Waals surface area contributed by atoms with Gasteiger partial charge >= 0.3 is 5.97 Å². The zero-order chi connectivity index (χ0) is 10.4. The van der Waals surface area contributed by atoms with E-state index in [2.05, 4.69) is 6.92 Å². The molecule has 3 heteroatoms. The molecule has 0 aliphatic carbocycles. The summed E-state index contributed by atoms with van der Waals surface area (Å²) in [5.74, 6) is -0.115. The molecule has 0 amide bonds. The van der Waals surface area contributed by atoms with Gasteiger partial charge in [-0.05, 0) is 12.8 Å². The second kappa shape index (κ2) is 6.02. The molecule has 0 unspecified atom stereocenters. The first-order chi connectivity index (χ1) is 6.72. The maximum atomic E-state index is 10.8. The van der Waals surface area contributed by atoms with Crippen LogP contribution >= 0.6 is 0 Å². The Hall–Kier alpha value is -0.570. The van der Waals surface area contributed by atoms with Crippen LogP contribution in [0.15, 0.2) is 0 Å². The first-order valence-electron chi connectivity index (χ1n) is 5.60. The Balaban J connectivity index is 2.07. The molecular formula is C11H20O3. The average molecular weight is 200 g/mol. The third kappa shape index (κ3) is 4.09. The Bertz CT molecular complexity index is 179. The van der Waals surface area contributed by atoms with Crippen molar-refractivity contribution in [3.8, 4) is 0 Å². The highest BCUT2D eigenvalue weighted by Gasteiger charge is 2.25. The van der Waals surface area contributed by atoms with Crippen LogP contribution in [-0.2, 0) is 9.53 Å². The molecule has 1 rings (SSSR count). The molecule has 1 N–H and O–H groups in total. The molecule has 0 aromatic rings. The van der Waals surface area contributed by atoms with E-state index in [1.165, 1.54) is 12.8 Å². The van der Waals surface area contributed by atoms with E-state index in [-0.39, 0.29) is 18.2 Å². The van der Waals surface area contributed by atoms with Crippen LogP contribution in [0.4, 0.5) is 0 Å². The summed E-state index contributed by atoms with van der Waals surface area (Å²) in [6.45, 7) is 2.14. The van der Waals surface area contributed by atoms with Crippen LogP contribution in [0.25, 0.3) is 0 Å². The summed E-state index contributed by atoms with van der Waals surface area (Å²) < 4.78 is 5.04. The normalized spacial score (nSPS) is 23.6. The molecule has 3 nitrogen and oxygen atoms in total. The first-order valence-corrected chi connectivity index (χ1v) is 5.60. The molecule has 14 heavy (non-hydrogen) atoms. The lowest BCUT2D eigenvalue weighted by atomic mass is 10.0. The topological polar surface area (TPSA) is 46.5 Å². The fraction of sp³-hybridized carbons (Fsp3) is 0.909. The molecular weight excluding hydrogens is 180 g/mol. The van der Waals surface area contributed by atoms with E-state index >= 15 is 0 Å². The fourth-order valence-corrected chi connectivity index (χ4v) is 1.80. The zero-order valence-electron chi connectivity index (χ0n) is 8.87. The van der Waals surface area contributed by atoms with E-state index in [1.807, 2.05) is 0 Å². The number of esters is 1. The molecule has 2 atom stereocenters. The second-order valence-corrected chi connectivity index (χ2v) is 4.04. The molecule has 0 radical (unpaired) electrons. The highest BCUT2D eigenvalue weighted by Crippen LogP contribution is 2.20. The highest BCUT2D eigenvalue weighted by molar-refractivity contribution is 5.71.